The van der Waals surface area contributed by atoms with Crippen molar-refractivity contribution in [2.45, 2.75) is 31.2 Å². The molecule has 1 aliphatic heterocycles. The number of hydrogen-bond acceptors (Lipinski definition) is 4. The smallest absolute Gasteiger partial charge is 0.243 e. The van der Waals surface area contributed by atoms with Gasteiger partial charge in [0.15, 0.2) is 0 Å². The summed E-state index contributed by atoms with van der Waals surface area (Å²) in [5, 5.41) is 0. The Hall–Kier alpha value is -2.38. The number of rotatable bonds is 5. The van der Waals surface area contributed by atoms with Crippen LogP contribution in [0.5, 0.6) is 5.75 Å². The van der Waals surface area contributed by atoms with Crippen molar-refractivity contribution in [2.24, 2.45) is 0 Å². The number of hydrogen-bond donors (Lipinski definition) is 0. The summed E-state index contributed by atoms with van der Waals surface area (Å²) in [4.78, 5) is 13.7. The molecular formula is C20H24N2O4S. The normalized spacial score (nSPS) is 14.1. The molecule has 6 nitrogen and oxygen atoms in total. The van der Waals surface area contributed by atoms with E-state index >= 15 is 0 Å². The zero-order chi connectivity index (χ0) is 19.6. The van der Waals surface area contributed by atoms with Crippen LogP contribution in [0.15, 0.2) is 47.4 Å². The maximum atomic E-state index is 13.0. The fraction of sp³-hybridized carbons (Fsp3) is 0.350. The molecule has 1 amide bonds. The predicted octanol–water partition coefficient (Wildman–Crippen LogP) is 2.82. The second-order valence-electron chi connectivity index (χ2n) is 6.68. The molecule has 1 heterocycles. The molecule has 0 fully saturated rings. The van der Waals surface area contributed by atoms with Gasteiger partial charge in [0.1, 0.15) is 5.75 Å². The van der Waals surface area contributed by atoms with Gasteiger partial charge in [-0.3, -0.25) is 4.79 Å². The quantitative estimate of drug-likeness (QED) is 0.790. The summed E-state index contributed by atoms with van der Waals surface area (Å²) in [6.45, 7) is 2.45. The van der Waals surface area contributed by atoms with Gasteiger partial charge in [0.2, 0.25) is 15.9 Å². The van der Waals surface area contributed by atoms with Crippen LogP contribution < -0.4 is 9.64 Å². The first-order valence-corrected chi connectivity index (χ1v) is 10.3. The Labute approximate surface area is 160 Å². The Balaban J connectivity index is 1.87. The van der Waals surface area contributed by atoms with Crippen molar-refractivity contribution in [3.05, 3.63) is 53.6 Å². The summed E-state index contributed by atoms with van der Waals surface area (Å²) in [5.74, 6) is 0.665. The maximum Gasteiger partial charge on any atom is 0.243 e. The lowest BCUT2D eigenvalue weighted by molar-refractivity contribution is -0.116. The summed E-state index contributed by atoms with van der Waals surface area (Å²) in [7, 11) is -0.493. The topological polar surface area (TPSA) is 66.9 Å². The number of nitrogens with zero attached hydrogens (tertiary/aromatic N) is 2. The van der Waals surface area contributed by atoms with Crippen molar-refractivity contribution in [1.82, 2.24) is 4.31 Å². The highest BCUT2D eigenvalue weighted by Gasteiger charge is 2.25. The average molecular weight is 388 g/mol. The third-order valence-electron chi connectivity index (χ3n) is 4.80. The number of ether oxygens (including phenoxy) is 1. The van der Waals surface area contributed by atoms with E-state index < -0.39 is 10.0 Å². The van der Waals surface area contributed by atoms with Crippen molar-refractivity contribution < 1.29 is 17.9 Å². The van der Waals surface area contributed by atoms with Gasteiger partial charge in [0.05, 0.1) is 12.0 Å². The van der Waals surface area contributed by atoms with Gasteiger partial charge < -0.3 is 9.64 Å². The number of methoxy groups -OCH3 is 1. The molecule has 0 atom stereocenters. The Morgan fingerprint density at radius 3 is 2.70 bits per heavy atom. The molecule has 0 spiro atoms. The van der Waals surface area contributed by atoms with E-state index in [9.17, 15) is 13.2 Å². The SMILES string of the molecule is COc1cccc(CN(C)S(=O)(=O)c2ccc3c(c2)CCCN3C(C)=O)c1. The Bertz CT molecular complexity index is 956. The third-order valence-corrected chi connectivity index (χ3v) is 6.60. The van der Waals surface area contributed by atoms with Crippen LogP contribution in [0.4, 0.5) is 5.69 Å². The lowest BCUT2D eigenvalue weighted by Gasteiger charge is -2.29. The second-order valence-corrected chi connectivity index (χ2v) is 8.72. The number of fused-ring (bicyclic) bond motifs is 1. The Morgan fingerprint density at radius 1 is 1.22 bits per heavy atom. The van der Waals surface area contributed by atoms with Gasteiger partial charge in [-0.25, -0.2) is 8.42 Å². The molecule has 0 radical (unpaired) electrons. The third kappa shape index (κ3) is 3.99. The fourth-order valence-electron chi connectivity index (χ4n) is 3.35. The Morgan fingerprint density at radius 2 is 2.00 bits per heavy atom. The molecule has 7 heteroatoms. The van der Waals surface area contributed by atoms with Crippen molar-refractivity contribution in [2.75, 3.05) is 25.6 Å². The molecule has 1 aliphatic rings. The zero-order valence-electron chi connectivity index (χ0n) is 15.8. The molecule has 3 rings (SSSR count). The highest BCUT2D eigenvalue weighted by Crippen LogP contribution is 2.30. The van der Waals surface area contributed by atoms with E-state index in [0.29, 0.717) is 12.3 Å². The molecule has 0 saturated carbocycles. The van der Waals surface area contributed by atoms with E-state index in [0.717, 1.165) is 29.7 Å². The van der Waals surface area contributed by atoms with E-state index in [1.807, 2.05) is 24.3 Å². The Kier molecular flexibility index (Phi) is 5.53. The molecule has 27 heavy (non-hydrogen) atoms. The zero-order valence-corrected chi connectivity index (χ0v) is 16.6. The minimum Gasteiger partial charge on any atom is -0.497 e. The molecule has 2 aromatic rings. The van der Waals surface area contributed by atoms with E-state index in [-0.39, 0.29) is 17.3 Å². The van der Waals surface area contributed by atoms with Gasteiger partial charge in [-0.1, -0.05) is 12.1 Å². The molecule has 0 N–H and O–H groups in total. The number of anilines is 1. The van der Waals surface area contributed by atoms with Crippen molar-refractivity contribution in [3.8, 4) is 5.75 Å². The van der Waals surface area contributed by atoms with Crippen LogP contribution in [0.1, 0.15) is 24.5 Å². The number of aryl methyl sites for hydroxylation is 1. The number of amides is 1. The first-order valence-electron chi connectivity index (χ1n) is 8.83. The predicted molar refractivity (Wildman–Crippen MR) is 104 cm³/mol. The van der Waals surface area contributed by atoms with Crippen molar-refractivity contribution in [1.29, 1.82) is 0 Å². The van der Waals surface area contributed by atoms with Crippen molar-refractivity contribution >= 4 is 21.6 Å². The lowest BCUT2D eigenvalue weighted by Crippen LogP contribution is -2.34. The molecule has 0 aromatic heterocycles. The summed E-state index contributed by atoms with van der Waals surface area (Å²) in [6.07, 6.45) is 1.60. The molecule has 2 aromatic carbocycles. The van der Waals surface area contributed by atoms with Crippen LogP contribution >= 0.6 is 0 Å². The van der Waals surface area contributed by atoms with E-state index in [1.165, 1.54) is 11.2 Å². The highest BCUT2D eigenvalue weighted by atomic mass is 32.2. The molecule has 0 aliphatic carbocycles. The number of carbonyl (C=O) groups is 1. The van der Waals surface area contributed by atoms with Gasteiger partial charge in [0.25, 0.3) is 0 Å². The minimum atomic E-state index is -3.64. The van der Waals surface area contributed by atoms with Crippen LogP contribution in [-0.2, 0) is 27.8 Å². The first-order chi connectivity index (χ1) is 12.8. The molecule has 0 bridgehead atoms. The number of carbonyl (C=O) groups excluding carboxylic acids is 1. The molecule has 0 saturated heterocycles. The summed E-state index contributed by atoms with van der Waals surface area (Å²) >= 11 is 0. The monoisotopic (exact) mass is 388 g/mol. The van der Waals surface area contributed by atoms with E-state index in [1.54, 1.807) is 37.3 Å². The standard InChI is InChI=1S/C20H24N2O4S/c1-15(23)22-11-5-7-17-13-19(9-10-20(17)22)27(24,25)21(2)14-16-6-4-8-18(12-16)26-3/h4,6,8-10,12-13H,5,7,11,14H2,1-3H3. The first kappa shape index (κ1) is 19.4. The lowest BCUT2D eigenvalue weighted by atomic mass is 10.0. The van der Waals surface area contributed by atoms with E-state index in [2.05, 4.69) is 0 Å². The highest BCUT2D eigenvalue weighted by molar-refractivity contribution is 7.89. The van der Waals surface area contributed by atoms with E-state index in [4.69, 9.17) is 4.74 Å². The van der Waals surface area contributed by atoms with Crippen LogP contribution in [0.3, 0.4) is 0 Å². The van der Waals surface area contributed by atoms with Crippen LogP contribution in [0.2, 0.25) is 0 Å². The molecular weight excluding hydrogens is 364 g/mol. The summed E-state index contributed by atoms with van der Waals surface area (Å²) in [6, 6.07) is 12.4. The average Bonchev–Trinajstić information content (AvgIpc) is 2.66. The molecule has 144 valence electrons. The summed E-state index contributed by atoms with van der Waals surface area (Å²) in [5.41, 5.74) is 2.55. The number of benzene rings is 2. The van der Waals surface area contributed by atoms with Gasteiger partial charge >= 0.3 is 0 Å². The van der Waals surface area contributed by atoms with Crippen LogP contribution in [0, 0.1) is 0 Å². The largest absolute Gasteiger partial charge is 0.497 e. The minimum absolute atomic E-state index is 0.0262. The summed E-state index contributed by atoms with van der Waals surface area (Å²) < 4.78 is 32.5. The fourth-order valence-corrected chi connectivity index (χ4v) is 4.56. The van der Waals surface area contributed by atoms with Gasteiger partial charge in [-0.2, -0.15) is 4.31 Å². The van der Waals surface area contributed by atoms with Gasteiger partial charge in [0, 0.05) is 32.7 Å². The van der Waals surface area contributed by atoms with Gasteiger partial charge in [-0.15, -0.1) is 0 Å². The number of sulfonamides is 1. The molecule has 0 unspecified atom stereocenters. The van der Waals surface area contributed by atoms with Crippen molar-refractivity contribution in [3.63, 3.8) is 0 Å². The second kappa shape index (κ2) is 7.70. The maximum absolute atomic E-state index is 13.0. The van der Waals surface area contributed by atoms with Crippen LogP contribution in [-0.4, -0.2) is 39.3 Å². The van der Waals surface area contributed by atoms with Crippen LogP contribution in [0.25, 0.3) is 0 Å². The van der Waals surface area contributed by atoms with Gasteiger partial charge in [-0.05, 0) is 54.3 Å².